The number of halogens is 3. The van der Waals surface area contributed by atoms with Gasteiger partial charge in [-0.1, -0.05) is 13.8 Å². The van der Waals surface area contributed by atoms with Gasteiger partial charge in [-0.15, -0.1) is 0 Å². The first-order valence-electron chi connectivity index (χ1n) is 6.26. The van der Waals surface area contributed by atoms with Crippen LogP contribution < -0.4 is 10.1 Å². The number of methoxy groups -OCH3 is 1. The highest BCUT2D eigenvalue weighted by Crippen LogP contribution is 2.40. The lowest BCUT2D eigenvalue weighted by atomic mass is 9.88. The zero-order chi connectivity index (χ0) is 17.1. The molecule has 122 valence electrons. The van der Waals surface area contributed by atoms with Gasteiger partial charge in [0.2, 0.25) is 5.91 Å². The van der Waals surface area contributed by atoms with Gasteiger partial charge in [0.25, 0.3) is 0 Å². The second-order valence-electron chi connectivity index (χ2n) is 5.32. The van der Waals surface area contributed by atoms with E-state index >= 15 is 0 Å². The third kappa shape index (κ3) is 4.12. The predicted octanol–water partition coefficient (Wildman–Crippen LogP) is 3.31. The van der Waals surface area contributed by atoms with Crippen LogP contribution in [0.4, 0.5) is 18.9 Å². The number of hydrogen-bond donors (Lipinski definition) is 2. The van der Waals surface area contributed by atoms with Gasteiger partial charge in [0.1, 0.15) is 5.75 Å². The van der Waals surface area contributed by atoms with Gasteiger partial charge in [-0.3, -0.25) is 4.79 Å². The standard InChI is InChI=1S/C14H16F3NO4/c1-13(2,14(15,16)17)7-11(19)18-10-5-4-8(22-3)6-9(10)12(20)21/h4-6H,7H2,1-3H3,(H,18,19)(H,20,21). The molecule has 8 heteroatoms. The van der Waals surface area contributed by atoms with Crippen molar-refractivity contribution in [1.82, 2.24) is 0 Å². The fraction of sp³-hybridized carbons (Fsp3) is 0.429. The van der Waals surface area contributed by atoms with Crippen LogP contribution >= 0.6 is 0 Å². The Hall–Kier alpha value is -2.25. The number of aromatic carboxylic acids is 1. The van der Waals surface area contributed by atoms with E-state index in [9.17, 15) is 22.8 Å². The topological polar surface area (TPSA) is 75.6 Å². The van der Waals surface area contributed by atoms with E-state index in [1.165, 1.54) is 25.3 Å². The van der Waals surface area contributed by atoms with Crippen molar-refractivity contribution >= 4 is 17.6 Å². The molecule has 5 nitrogen and oxygen atoms in total. The van der Waals surface area contributed by atoms with Crippen molar-refractivity contribution < 1.29 is 32.6 Å². The molecule has 1 aromatic rings. The Bertz CT molecular complexity index is 582. The summed E-state index contributed by atoms with van der Waals surface area (Å²) >= 11 is 0. The van der Waals surface area contributed by atoms with E-state index in [-0.39, 0.29) is 17.0 Å². The van der Waals surface area contributed by atoms with Crippen molar-refractivity contribution in [3.05, 3.63) is 23.8 Å². The fourth-order valence-corrected chi connectivity index (χ4v) is 1.63. The number of alkyl halides is 3. The molecule has 2 N–H and O–H groups in total. The number of benzene rings is 1. The monoisotopic (exact) mass is 319 g/mol. The van der Waals surface area contributed by atoms with Crippen LogP contribution in [0, 0.1) is 5.41 Å². The molecule has 0 aliphatic carbocycles. The highest BCUT2D eigenvalue weighted by molar-refractivity contribution is 6.01. The van der Waals surface area contributed by atoms with Gasteiger partial charge in [0, 0.05) is 6.42 Å². The van der Waals surface area contributed by atoms with Crippen LogP contribution in [0.25, 0.3) is 0 Å². The molecule has 0 heterocycles. The van der Waals surface area contributed by atoms with E-state index in [4.69, 9.17) is 9.84 Å². The number of carboxylic acids is 1. The van der Waals surface area contributed by atoms with Crippen molar-refractivity contribution in [1.29, 1.82) is 0 Å². The molecule has 1 amide bonds. The number of carbonyl (C=O) groups is 2. The van der Waals surface area contributed by atoms with Gasteiger partial charge >= 0.3 is 12.1 Å². The molecule has 0 aliphatic heterocycles. The van der Waals surface area contributed by atoms with E-state index in [1.807, 2.05) is 0 Å². The molecule has 0 aliphatic rings. The molecule has 0 aromatic heterocycles. The zero-order valence-electron chi connectivity index (χ0n) is 12.2. The number of carboxylic acid groups (broad SMARTS) is 1. The van der Waals surface area contributed by atoms with Gasteiger partial charge in [-0.2, -0.15) is 13.2 Å². The molecular weight excluding hydrogens is 303 g/mol. The summed E-state index contributed by atoms with van der Waals surface area (Å²) in [6.45, 7) is 1.80. The maximum Gasteiger partial charge on any atom is 0.394 e. The molecule has 1 aromatic carbocycles. The average molecular weight is 319 g/mol. The van der Waals surface area contributed by atoms with E-state index in [0.717, 1.165) is 13.8 Å². The molecule has 0 fully saturated rings. The van der Waals surface area contributed by atoms with Crippen LogP contribution in [0.2, 0.25) is 0 Å². The van der Waals surface area contributed by atoms with Crippen molar-refractivity contribution in [2.24, 2.45) is 5.41 Å². The van der Waals surface area contributed by atoms with Crippen molar-refractivity contribution in [3.63, 3.8) is 0 Å². The zero-order valence-corrected chi connectivity index (χ0v) is 12.2. The minimum Gasteiger partial charge on any atom is -0.497 e. The SMILES string of the molecule is COc1ccc(NC(=O)CC(C)(C)C(F)(F)F)c(C(=O)O)c1. The Kier molecular flexibility index (Phi) is 5.05. The summed E-state index contributed by atoms with van der Waals surface area (Å²) in [5.41, 5.74) is -2.57. The normalized spacial score (nSPS) is 11.9. The van der Waals surface area contributed by atoms with Crippen LogP contribution in [0.5, 0.6) is 5.75 Å². The maximum atomic E-state index is 12.7. The second kappa shape index (κ2) is 6.25. The van der Waals surface area contributed by atoms with Crippen LogP contribution in [0.1, 0.15) is 30.6 Å². The third-order valence-electron chi connectivity index (χ3n) is 3.10. The van der Waals surface area contributed by atoms with E-state index in [0.29, 0.717) is 0 Å². The molecule has 0 radical (unpaired) electrons. The molecule has 0 bridgehead atoms. The minimum absolute atomic E-state index is 0.0868. The quantitative estimate of drug-likeness (QED) is 0.873. The number of rotatable bonds is 5. The summed E-state index contributed by atoms with van der Waals surface area (Å²) in [5, 5.41) is 11.3. The summed E-state index contributed by atoms with van der Waals surface area (Å²) in [4.78, 5) is 22.9. The number of nitrogens with one attached hydrogen (secondary N) is 1. The Labute approximate surface area is 125 Å². The Morgan fingerprint density at radius 1 is 1.27 bits per heavy atom. The highest BCUT2D eigenvalue weighted by atomic mass is 19.4. The number of amides is 1. The largest absolute Gasteiger partial charge is 0.497 e. The van der Waals surface area contributed by atoms with Gasteiger partial charge in [-0.25, -0.2) is 4.79 Å². The average Bonchev–Trinajstić information content (AvgIpc) is 2.36. The minimum atomic E-state index is -4.54. The lowest BCUT2D eigenvalue weighted by Gasteiger charge is -2.27. The molecule has 22 heavy (non-hydrogen) atoms. The summed E-state index contributed by atoms with van der Waals surface area (Å²) in [7, 11) is 1.34. The molecule has 0 spiro atoms. The Balaban J connectivity index is 2.96. The van der Waals surface area contributed by atoms with Crippen LogP contribution in [-0.2, 0) is 4.79 Å². The molecule has 1 rings (SSSR count). The molecular formula is C14H16F3NO4. The van der Waals surface area contributed by atoms with Crippen molar-refractivity contribution in [2.75, 3.05) is 12.4 Å². The van der Waals surface area contributed by atoms with Gasteiger partial charge < -0.3 is 15.2 Å². The lowest BCUT2D eigenvalue weighted by molar-refractivity contribution is -0.213. The molecule has 0 unspecified atom stereocenters. The summed E-state index contributed by atoms with van der Waals surface area (Å²) in [5.74, 6) is -2.00. The second-order valence-corrected chi connectivity index (χ2v) is 5.32. The van der Waals surface area contributed by atoms with E-state index in [2.05, 4.69) is 5.32 Å². The van der Waals surface area contributed by atoms with Gasteiger partial charge in [-0.05, 0) is 18.2 Å². The molecule has 0 saturated heterocycles. The molecule has 0 atom stereocenters. The van der Waals surface area contributed by atoms with Gasteiger partial charge in [0.05, 0.1) is 23.8 Å². The van der Waals surface area contributed by atoms with Crippen LogP contribution in [0.3, 0.4) is 0 Å². The van der Waals surface area contributed by atoms with Crippen LogP contribution in [0.15, 0.2) is 18.2 Å². The first-order chi connectivity index (χ1) is 9.98. The number of ether oxygens (including phenoxy) is 1. The third-order valence-corrected chi connectivity index (χ3v) is 3.10. The smallest absolute Gasteiger partial charge is 0.394 e. The number of anilines is 1. The number of hydrogen-bond acceptors (Lipinski definition) is 3. The summed E-state index contributed by atoms with van der Waals surface area (Å²) in [6.07, 6.45) is -5.36. The lowest BCUT2D eigenvalue weighted by Crippen LogP contribution is -2.36. The maximum absolute atomic E-state index is 12.7. The van der Waals surface area contributed by atoms with E-state index in [1.54, 1.807) is 0 Å². The highest BCUT2D eigenvalue weighted by Gasteiger charge is 2.48. The summed E-state index contributed by atoms with van der Waals surface area (Å²) in [6, 6.07) is 3.84. The predicted molar refractivity (Wildman–Crippen MR) is 73.0 cm³/mol. The molecule has 0 saturated carbocycles. The van der Waals surface area contributed by atoms with Crippen LogP contribution in [-0.4, -0.2) is 30.3 Å². The van der Waals surface area contributed by atoms with Crippen molar-refractivity contribution in [2.45, 2.75) is 26.4 Å². The Morgan fingerprint density at radius 3 is 2.32 bits per heavy atom. The number of carbonyl (C=O) groups excluding carboxylic acids is 1. The van der Waals surface area contributed by atoms with E-state index < -0.39 is 29.9 Å². The van der Waals surface area contributed by atoms with Crippen molar-refractivity contribution in [3.8, 4) is 5.75 Å². The fourth-order valence-electron chi connectivity index (χ4n) is 1.63. The Morgan fingerprint density at radius 2 is 1.86 bits per heavy atom. The first kappa shape index (κ1) is 17.8. The van der Waals surface area contributed by atoms with Gasteiger partial charge in [0.15, 0.2) is 0 Å². The first-order valence-corrected chi connectivity index (χ1v) is 6.26. The summed E-state index contributed by atoms with van der Waals surface area (Å²) < 4.78 is 43.1.